The summed E-state index contributed by atoms with van der Waals surface area (Å²) >= 11 is 0. The molecule has 0 radical (unpaired) electrons. The van der Waals surface area contributed by atoms with Crippen LogP contribution in [0.2, 0.25) is 0 Å². The molecule has 0 aliphatic rings. The van der Waals surface area contributed by atoms with Gasteiger partial charge in [0.1, 0.15) is 0 Å². The minimum atomic E-state index is -0.473. The molecule has 0 fully saturated rings. The molecule has 0 heterocycles. The second kappa shape index (κ2) is 4.24. The maximum atomic E-state index is 11.1. The first-order valence-corrected chi connectivity index (χ1v) is 3.87. The van der Waals surface area contributed by atoms with E-state index in [0.717, 1.165) is 0 Å². The largest absolute Gasteiger partial charge is 0.465 e. The Morgan fingerprint density at radius 1 is 1.57 bits per heavy atom. The fourth-order valence-corrected chi connectivity index (χ4v) is 1.03. The Bertz CT molecular complexity index is 413. The van der Waals surface area contributed by atoms with E-state index < -0.39 is 5.97 Å². The summed E-state index contributed by atoms with van der Waals surface area (Å²) in [6.07, 6.45) is 5.82. The smallest absolute Gasteiger partial charge is 0.337 e. The standard InChI is InChI=1S/C11H8O3/c1-3-8-6-9(11(13)14-2)4-5-10(8)7-12/h1,4-7H,2H3. The molecular formula is C11H8O3. The molecule has 0 atom stereocenters. The van der Waals surface area contributed by atoms with Crippen molar-refractivity contribution in [3.05, 3.63) is 34.9 Å². The van der Waals surface area contributed by atoms with Gasteiger partial charge in [0.2, 0.25) is 0 Å². The van der Waals surface area contributed by atoms with Crippen molar-refractivity contribution in [3.8, 4) is 12.3 Å². The SMILES string of the molecule is C#Cc1cc(C(=O)OC)ccc1C=O. The fourth-order valence-electron chi connectivity index (χ4n) is 1.03. The van der Waals surface area contributed by atoms with Crippen LogP contribution >= 0.6 is 0 Å². The van der Waals surface area contributed by atoms with Gasteiger partial charge >= 0.3 is 5.97 Å². The fraction of sp³-hybridized carbons (Fsp3) is 0.0909. The van der Waals surface area contributed by atoms with Crippen LogP contribution in [0.4, 0.5) is 0 Å². The lowest BCUT2D eigenvalue weighted by Crippen LogP contribution is -2.02. The van der Waals surface area contributed by atoms with Crippen LogP contribution in [-0.2, 0) is 4.74 Å². The van der Waals surface area contributed by atoms with E-state index in [4.69, 9.17) is 6.42 Å². The Morgan fingerprint density at radius 2 is 2.29 bits per heavy atom. The average molecular weight is 188 g/mol. The highest BCUT2D eigenvalue weighted by Crippen LogP contribution is 2.10. The maximum Gasteiger partial charge on any atom is 0.337 e. The van der Waals surface area contributed by atoms with E-state index in [0.29, 0.717) is 23.0 Å². The topological polar surface area (TPSA) is 43.4 Å². The number of aldehydes is 1. The molecule has 0 saturated carbocycles. The molecule has 3 heteroatoms. The summed E-state index contributed by atoms with van der Waals surface area (Å²) in [7, 11) is 1.28. The van der Waals surface area contributed by atoms with E-state index in [2.05, 4.69) is 10.7 Å². The molecule has 0 spiro atoms. The van der Waals surface area contributed by atoms with Crippen LogP contribution in [0.3, 0.4) is 0 Å². The van der Waals surface area contributed by atoms with Crippen LogP contribution in [0.5, 0.6) is 0 Å². The predicted molar refractivity (Wildman–Crippen MR) is 51.1 cm³/mol. The van der Waals surface area contributed by atoms with E-state index in [1.165, 1.54) is 25.3 Å². The van der Waals surface area contributed by atoms with Gasteiger partial charge in [0, 0.05) is 11.1 Å². The summed E-state index contributed by atoms with van der Waals surface area (Å²) in [5, 5.41) is 0. The predicted octanol–water partition coefficient (Wildman–Crippen LogP) is 1.27. The molecule has 0 unspecified atom stereocenters. The van der Waals surface area contributed by atoms with Gasteiger partial charge < -0.3 is 4.74 Å². The van der Waals surface area contributed by atoms with Crippen molar-refractivity contribution >= 4 is 12.3 Å². The highest BCUT2D eigenvalue weighted by Gasteiger charge is 2.07. The summed E-state index contributed by atoms with van der Waals surface area (Å²) in [6, 6.07) is 4.44. The molecule has 0 aromatic heterocycles. The summed E-state index contributed by atoms with van der Waals surface area (Å²) < 4.78 is 4.51. The van der Waals surface area contributed by atoms with Crippen LogP contribution in [0, 0.1) is 12.3 Å². The quantitative estimate of drug-likeness (QED) is 0.398. The lowest BCUT2D eigenvalue weighted by atomic mass is 10.1. The van der Waals surface area contributed by atoms with Gasteiger partial charge in [-0.1, -0.05) is 5.92 Å². The summed E-state index contributed by atoms with van der Waals surface area (Å²) in [5.74, 6) is 1.85. The molecule has 0 saturated heterocycles. The first-order chi connectivity index (χ1) is 6.72. The Morgan fingerprint density at radius 3 is 2.79 bits per heavy atom. The Labute approximate surface area is 81.7 Å². The van der Waals surface area contributed by atoms with Gasteiger partial charge in [-0.3, -0.25) is 4.79 Å². The van der Waals surface area contributed by atoms with Crippen LogP contribution in [0.1, 0.15) is 26.3 Å². The van der Waals surface area contributed by atoms with E-state index in [-0.39, 0.29) is 0 Å². The monoisotopic (exact) mass is 188 g/mol. The van der Waals surface area contributed by atoms with Crippen molar-refractivity contribution in [3.63, 3.8) is 0 Å². The second-order valence-corrected chi connectivity index (χ2v) is 2.56. The number of hydrogen-bond donors (Lipinski definition) is 0. The van der Waals surface area contributed by atoms with E-state index in [1.54, 1.807) is 0 Å². The lowest BCUT2D eigenvalue weighted by Gasteiger charge is -2.01. The van der Waals surface area contributed by atoms with Gasteiger partial charge in [0.05, 0.1) is 12.7 Å². The van der Waals surface area contributed by atoms with Gasteiger partial charge in [0.15, 0.2) is 6.29 Å². The molecule has 3 nitrogen and oxygen atoms in total. The number of carbonyl (C=O) groups excluding carboxylic acids is 2. The Hall–Kier alpha value is -2.08. The first-order valence-electron chi connectivity index (χ1n) is 3.87. The zero-order valence-electron chi connectivity index (χ0n) is 7.61. The Balaban J connectivity index is 3.22. The van der Waals surface area contributed by atoms with Crippen molar-refractivity contribution in [1.29, 1.82) is 0 Å². The molecular weight excluding hydrogens is 180 g/mol. The highest BCUT2D eigenvalue weighted by molar-refractivity contribution is 5.91. The van der Waals surface area contributed by atoms with Gasteiger partial charge in [0.25, 0.3) is 0 Å². The number of hydrogen-bond acceptors (Lipinski definition) is 3. The molecule has 1 aromatic rings. The van der Waals surface area contributed by atoms with Crippen molar-refractivity contribution < 1.29 is 14.3 Å². The summed E-state index contributed by atoms with van der Waals surface area (Å²) in [5.41, 5.74) is 1.12. The normalized spacial score (nSPS) is 8.86. The van der Waals surface area contributed by atoms with E-state index in [9.17, 15) is 9.59 Å². The number of benzene rings is 1. The molecule has 0 N–H and O–H groups in total. The zero-order valence-corrected chi connectivity index (χ0v) is 7.61. The zero-order chi connectivity index (χ0) is 10.6. The van der Waals surface area contributed by atoms with Gasteiger partial charge in [-0.05, 0) is 18.2 Å². The summed E-state index contributed by atoms with van der Waals surface area (Å²) in [4.78, 5) is 21.6. The summed E-state index contributed by atoms with van der Waals surface area (Å²) in [6.45, 7) is 0. The van der Waals surface area contributed by atoms with Crippen LogP contribution < -0.4 is 0 Å². The van der Waals surface area contributed by atoms with Gasteiger partial charge in [-0.25, -0.2) is 4.79 Å². The third-order valence-corrected chi connectivity index (χ3v) is 1.76. The molecule has 0 aliphatic heterocycles. The van der Waals surface area contributed by atoms with Crippen molar-refractivity contribution in [1.82, 2.24) is 0 Å². The highest BCUT2D eigenvalue weighted by atomic mass is 16.5. The van der Waals surface area contributed by atoms with Crippen LogP contribution in [0.25, 0.3) is 0 Å². The maximum absolute atomic E-state index is 11.1. The van der Waals surface area contributed by atoms with Crippen molar-refractivity contribution in [2.75, 3.05) is 7.11 Å². The van der Waals surface area contributed by atoms with Crippen LogP contribution in [-0.4, -0.2) is 19.4 Å². The minimum Gasteiger partial charge on any atom is -0.465 e. The Kier molecular flexibility index (Phi) is 3.03. The van der Waals surface area contributed by atoms with Gasteiger partial charge in [-0.15, -0.1) is 6.42 Å². The molecule has 1 rings (SSSR count). The second-order valence-electron chi connectivity index (χ2n) is 2.56. The van der Waals surface area contributed by atoms with E-state index in [1.807, 2.05) is 0 Å². The molecule has 0 bridgehead atoms. The number of methoxy groups -OCH3 is 1. The first kappa shape index (κ1) is 10.0. The number of ether oxygens (including phenoxy) is 1. The lowest BCUT2D eigenvalue weighted by molar-refractivity contribution is 0.0600. The number of terminal acetylenes is 1. The third-order valence-electron chi connectivity index (χ3n) is 1.76. The number of carbonyl (C=O) groups is 2. The minimum absolute atomic E-state index is 0.339. The van der Waals surface area contributed by atoms with Crippen molar-refractivity contribution in [2.24, 2.45) is 0 Å². The number of rotatable bonds is 2. The molecule has 0 amide bonds. The molecule has 14 heavy (non-hydrogen) atoms. The van der Waals surface area contributed by atoms with Crippen molar-refractivity contribution in [2.45, 2.75) is 0 Å². The average Bonchev–Trinajstić information content (AvgIpc) is 2.26. The third kappa shape index (κ3) is 1.80. The number of esters is 1. The van der Waals surface area contributed by atoms with Gasteiger partial charge in [-0.2, -0.15) is 0 Å². The molecule has 1 aromatic carbocycles. The van der Waals surface area contributed by atoms with E-state index >= 15 is 0 Å². The molecule has 70 valence electrons. The molecule has 0 aliphatic carbocycles. The van der Waals surface area contributed by atoms with Crippen LogP contribution in [0.15, 0.2) is 18.2 Å².